The van der Waals surface area contributed by atoms with Crippen molar-refractivity contribution in [3.8, 4) is 27.9 Å². The Bertz CT molecular complexity index is 3170. The lowest BCUT2D eigenvalue weighted by atomic mass is 10.0. The van der Waals surface area contributed by atoms with E-state index in [1.807, 2.05) is 11.3 Å². The molecule has 0 saturated heterocycles. The molecule has 2 aromatic heterocycles. The van der Waals surface area contributed by atoms with E-state index in [4.69, 9.17) is 0 Å². The summed E-state index contributed by atoms with van der Waals surface area (Å²) < 4.78 is 5.02. The third-order valence-electron chi connectivity index (χ3n) is 11.0. The fraction of sp³-hybridized carbons (Fsp3) is 0. The van der Waals surface area contributed by atoms with E-state index in [2.05, 4.69) is 216 Å². The number of para-hydroxylation sites is 1. The molecule has 0 atom stereocenters. The van der Waals surface area contributed by atoms with Crippen molar-refractivity contribution >= 4 is 81.1 Å². The largest absolute Gasteiger partial charge is 0.310 e. The van der Waals surface area contributed by atoms with Gasteiger partial charge in [0.2, 0.25) is 0 Å². The molecule has 0 aliphatic rings. The number of aromatic nitrogens is 1. The summed E-state index contributed by atoms with van der Waals surface area (Å²) in [5.41, 5.74) is 11.8. The van der Waals surface area contributed by atoms with Gasteiger partial charge in [-0.1, -0.05) is 127 Å². The van der Waals surface area contributed by atoms with E-state index in [0.717, 1.165) is 22.7 Å². The van der Waals surface area contributed by atoms with Crippen molar-refractivity contribution in [2.45, 2.75) is 0 Å². The average molecular weight is 719 g/mol. The van der Waals surface area contributed by atoms with Gasteiger partial charge in [0.05, 0.1) is 11.0 Å². The Labute approximate surface area is 323 Å². The highest BCUT2D eigenvalue weighted by atomic mass is 32.1. The van der Waals surface area contributed by atoms with Gasteiger partial charge in [-0.05, 0) is 112 Å². The zero-order valence-electron chi connectivity index (χ0n) is 29.9. The van der Waals surface area contributed by atoms with Crippen LogP contribution in [0.1, 0.15) is 0 Å². The van der Waals surface area contributed by atoms with Crippen LogP contribution in [0.2, 0.25) is 0 Å². The zero-order valence-corrected chi connectivity index (χ0v) is 30.7. The minimum absolute atomic E-state index is 1.12. The minimum atomic E-state index is 1.12. The number of hydrogen-bond donors (Lipinski definition) is 0. The average Bonchev–Trinajstić information content (AvgIpc) is 3.79. The number of rotatable bonds is 6. The molecular formula is C52H34N2S. The predicted octanol–water partition coefficient (Wildman–Crippen LogP) is 15.1. The Morgan fingerprint density at radius 2 is 0.855 bits per heavy atom. The van der Waals surface area contributed by atoms with Crippen molar-refractivity contribution < 1.29 is 0 Å². The van der Waals surface area contributed by atoms with Gasteiger partial charge in [-0.25, -0.2) is 0 Å². The molecule has 0 bridgehead atoms. The summed E-state index contributed by atoms with van der Waals surface area (Å²) in [4.78, 5) is 2.37. The molecule has 2 heterocycles. The maximum atomic E-state index is 2.40. The van der Waals surface area contributed by atoms with Crippen LogP contribution in [0.3, 0.4) is 0 Å². The SMILES string of the molecule is c1ccc(-c2ccc(N(c3ccc(-c4ccc(-n5c6ccccc6c6cc7ccccc7cc65)cc4)cc3)c3ccc4sc5ccccc5c4c3)cc2)cc1. The number of thiophene rings is 1. The standard InChI is InChI=1S/C52H34N2S/c1-2-10-35(11-3-1)36-18-24-41(25-19-36)53(44-30-31-52-48(34-44)46-15-7-9-17-51(46)55-52)42-26-20-37(21-27-42)38-22-28-43(29-23-38)54-49-16-8-6-14-45(49)47-32-39-12-4-5-13-40(39)33-50(47)54/h1-34H. The monoisotopic (exact) mass is 718 g/mol. The lowest BCUT2D eigenvalue weighted by Gasteiger charge is -2.26. The molecule has 2 nitrogen and oxygen atoms in total. The van der Waals surface area contributed by atoms with E-state index in [9.17, 15) is 0 Å². The van der Waals surface area contributed by atoms with E-state index in [0.29, 0.717) is 0 Å². The highest BCUT2D eigenvalue weighted by molar-refractivity contribution is 7.25. The van der Waals surface area contributed by atoms with Crippen molar-refractivity contribution in [1.82, 2.24) is 4.57 Å². The van der Waals surface area contributed by atoms with Gasteiger partial charge >= 0.3 is 0 Å². The first-order valence-corrected chi connectivity index (χ1v) is 19.6. The summed E-state index contributed by atoms with van der Waals surface area (Å²) in [5, 5.41) is 7.66. The Hall–Kier alpha value is -6.94. The molecule has 55 heavy (non-hydrogen) atoms. The Morgan fingerprint density at radius 1 is 0.327 bits per heavy atom. The number of hydrogen-bond acceptors (Lipinski definition) is 2. The van der Waals surface area contributed by atoms with Crippen LogP contribution < -0.4 is 4.90 Å². The summed E-state index contributed by atoms with van der Waals surface area (Å²) in [6, 6.07) is 75.2. The van der Waals surface area contributed by atoms with Crippen LogP contribution >= 0.6 is 11.3 Å². The highest BCUT2D eigenvalue weighted by Crippen LogP contribution is 2.42. The second-order valence-electron chi connectivity index (χ2n) is 14.2. The van der Waals surface area contributed by atoms with Crippen molar-refractivity contribution in [3.63, 3.8) is 0 Å². The summed E-state index contributed by atoms with van der Waals surface area (Å²) in [6.07, 6.45) is 0. The zero-order chi connectivity index (χ0) is 36.3. The molecule has 0 aliphatic carbocycles. The lowest BCUT2D eigenvalue weighted by Crippen LogP contribution is -2.09. The fourth-order valence-electron chi connectivity index (χ4n) is 8.27. The van der Waals surface area contributed by atoms with Crippen molar-refractivity contribution in [3.05, 3.63) is 206 Å². The first kappa shape index (κ1) is 31.6. The van der Waals surface area contributed by atoms with Crippen molar-refractivity contribution in [1.29, 1.82) is 0 Å². The van der Waals surface area contributed by atoms with Crippen LogP contribution in [-0.4, -0.2) is 4.57 Å². The fourth-order valence-corrected chi connectivity index (χ4v) is 9.36. The van der Waals surface area contributed by atoms with Gasteiger partial charge in [0.25, 0.3) is 0 Å². The van der Waals surface area contributed by atoms with Crippen LogP contribution in [0.4, 0.5) is 17.1 Å². The van der Waals surface area contributed by atoms with Crippen molar-refractivity contribution in [2.24, 2.45) is 0 Å². The lowest BCUT2D eigenvalue weighted by molar-refractivity contribution is 1.18. The second-order valence-corrected chi connectivity index (χ2v) is 15.3. The summed E-state index contributed by atoms with van der Waals surface area (Å²) in [7, 11) is 0. The van der Waals surface area contributed by atoms with Crippen LogP contribution in [-0.2, 0) is 0 Å². The van der Waals surface area contributed by atoms with E-state index in [-0.39, 0.29) is 0 Å². The Balaban J connectivity index is 0.973. The molecule has 0 saturated carbocycles. The van der Waals surface area contributed by atoms with Gasteiger partial charge in [-0.3, -0.25) is 0 Å². The summed E-state index contributed by atoms with van der Waals surface area (Å²) in [5.74, 6) is 0. The summed E-state index contributed by atoms with van der Waals surface area (Å²) in [6.45, 7) is 0. The smallest absolute Gasteiger partial charge is 0.0547 e. The van der Waals surface area contributed by atoms with Crippen LogP contribution in [0, 0.1) is 0 Å². The molecule has 11 aromatic rings. The van der Waals surface area contributed by atoms with Gasteiger partial charge in [0, 0.05) is 53.7 Å². The van der Waals surface area contributed by atoms with E-state index in [1.54, 1.807) is 0 Å². The second kappa shape index (κ2) is 12.9. The highest BCUT2D eigenvalue weighted by Gasteiger charge is 2.17. The molecule has 11 rings (SSSR count). The molecule has 9 aromatic carbocycles. The van der Waals surface area contributed by atoms with Crippen molar-refractivity contribution in [2.75, 3.05) is 4.90 Å². The Morgan fingerprint density at radius 3 is 1.56 bits per heavy atom. The summed E-state index contributed by atoms with van der Waals surface area (Å²) >= 11 is 1.85. The number of benzene rings is 9. The van der Waals surface area contributed by atoms with Gasteiger partial charge in [0.15, 0.2) is 0 Å². The predicted molar refractivity (Wildman–Crippen MR) is 237 cm³/mol. The maximum absolute atomic E-state index is 2.40. The normalized spacial score (nSPS) is 11.6. The molecule has 0 amide bonds. The molecule has 258 valence electrons. The van der Waals surface area contributed by atoms with E-state index >= 15 is 0 Å². The van der Waals surface area contributed by atoms with Crippen LogP contribution in [0.15, 0.2) is 206 Å². The third kappa shape index (κ3) is 5.40. The quantitative estimate of drug-likeness (QED) is 0.166. The molecule has 0 radical (unpaired) electrons. The van der Waals surface area contributed by atoms with Gasteiger partial charge < -0.3 is 9.47 Å². The van der Waals surface area contributed by atoms with Gasteiger partial charge in [-0.2, -0.15) is 0 Å². The van der Waals surface area contributed by atoms with Gasteiger partial charge in [0.1, 0.15) is 0 Å². The number of fused-ring (bicyclic) bond motifs is 7. The van der Waals surface area contributed by atoms with E-state index in [1.165, 1.54) is 75.0 Å². The molecular weight excluding hydrogens is 685 g/mol. The number of nitrogens with zero attached hydrogens (tertiary/aromatic N) is 2. The first-order valence-electron chi connectivity index (χ1n) is 18.7. The molecule has 0 fully saturated rings. The molecule has 0 spiro atoms. The van der Waals surface area contributed by atoms with Crippen LogP contribution in [0.5, 0.6) is 0 Å². The first-order chi connectivity index (χ1) is 27.2. The number of anilines is 3. The Kier molecular flexibility index (Phi) is 7.39. The molecule has 0 N–H and O–H groups in total. The van der Waals surface area contributed by atoms with Gasteiger partial charge in [-0.15, -0.1) is 11.3 Å². The molecule has 0 unspecified atom stereocenters. The minimum Gasteiger partial charge on any atom is -0.310 e. The molecule has 0 aliphatic heterocycles. The maximum Gasteiger partial charge on any atom is 0.0547 e. The molecule has 3 heteroatoms. The topological polar surface area (TPSA) is 8.17 Å². The van der Waals surface area contributed by atoms with Crippen LogP contribution in [0.25, 0.3) is 80.7 Å². The van der Waals surface area contributed by atoms with E-state index < -0.39 is 0 Å². The third-order valence-corrected chi connectivity index (χ3v) is 12.1.